The van der Waals surface area contributed by atoms with Gasteiger partial charge in [-0.15, -0.1) is 0 Å². The monoisotopic (exact) mass is 445 g/mol. The molecule has 2 aromatic rings. The number of anilines is 1. The average molecular weight is 446 g/mol. The minimum atomic E-state index is -3.70. The molecule has 0 N–H and O–H groups in total. The Balaban J connectivity index is 1.76. The zero-order chi connectivity index (χ0) is 22.8. The largest absolute Gasteiger partial charge is 0.378 e. The van der Waals surface area contributed by atoms with Gasteiger partial charge in [-0.1, -0.05) is 18.2 Å². The van der Waals surface area contributed by atoms with Crippen molar-refractivity contribution in [2.75, 3.05) is 39.1 Å². The lowest BCUT2D eigenvalue weighted by Crippen LogP contribution is -2.48. The second-order valence-corrected chi connectivity index (χ2v) is 10.3. The van der Waals surface area contributed by atoms with Crippen LogP contribution in [0.15, 0.2) is 53.4 Å². The molecule has 3 rings (SSSR count). The van der Waals surface area contributed by atoms with Crippen molar-refractivity contribution in [1.29, 1.82) is 0 Å². The molecule has 0 saturated carbocycles. The number of morpholine rings is 1. The Labute approximate surface area is 185 Å². The smallest absolute Gasteiger partial charge is 0.253 e. The summed E-state index contributed by atoms with van der Waals surface area (Å²) in [6.07, 6.45) is -0.346. The summed E-state index contributed by atoms with van der Waals surface area (Å²) in [5, 5.41) is 0. The number of rotatable bonds is 6. The fourth-order valence-electron chi connectivity index (χ4n) is 3.73. The van der Waals surface area contributed by atoms with Gasteiger partial charge in [-0.05, 0) is 49.7 Å². The molecule has 0 radical (unpaired) electrons. The number of carbonyl (C=O) groups is 1. The standard InChI is InChI=1S/C23H31N3O4S/c1-17-14-26(15-18(2)30-17)31(28,29)22-8-6-7-20(13-22)23(27)25(5)16-19-9-11-21(12-10-19)24(3)4/h6-13,17-18H,14-16H2,1-5H3. The minimum Gasteiger partial charge on any atom is -0.378 e. The topological polar surface area (TPSA) is 70.2 Å². The predicted octanol–water partition coefficient (Wildman–Crippen LogP) is 2.82. The van der Waals surface area contributed by atoms with Crippen molar-refractivity contribution in [3.63, 3.8) is 0 Å². The highest BCUT2D eigenvalue weighted by Crippen LogP contribution is 2.22. The number of nitrogens with zero attached hydrogens (tertiary/aromatic N) is 3. The maximum atomic E-state index is 13.1. The zero-order valence-electron chi connectivity index (χ0n) is 18.8. The first-order valence-corrected chi connectivity index (χ1v) is 11.8. The van der Waals surface area contributed by atoms with Crippen LogP contribution in [0.5, 0.6) is 0 Å². The molecule has 168 valence electrons. The van der Waals surface area contributed by atoms with Gasteiger partial charge in [-0.2, -0.15) is 4.31 Å². The summed E-state index contributed by atoms with van der Waals surface area (Å²) in [4.78, 5) is 16.7. The first-order valence-electron chi connectivity index (χ1n) is 10.4. The predicted molar refractivity (Wildman–Crippen MR) is 122 cm³/mol. The summed E-state index contributed by atoms with van der Waals surface area (Å²) in [6, 6.07) is 14.3. The second-order valence-electron chi connectivity index (χ2n) is 8.33. The summed E-state index contributed by atoms with van der Waals surface area (Å²) in [5.41, 5.74) is 2.44. The Morgan fingerprint density at radius 3 is 2.23 bits per heavy atom. The molecule has 31 heavy (non-hydrogen) atoms. The maximum Gasteiger partial charge on any atom is 0.253 e. The van der Waals surface area contributed by atoms with Crippen LogP contribution in [0.1, 0.15) is 29.8 Å². The first kappa shape index (κ1) is 23.2. The number of hydrogen-bond acceptors (Lipinski definition) is 5. The highest BCUT2D eigenvalue weighted by atomic mass is 32.2. The van der Waals surface area contributed by atoms with Crippen molar-refractivity contribution >= 4 is 21.6 Å². The molecule has 1 heterocycles. The van der Waals surface area contributed by atoms with Gasteiger partial charge in [0.05, 0.1) is 17.1 Å². The van der Waals surface area contributed by atoms with E-state index in [1.54, 1.807) is 24.1 Å². The Hall–Kier alpha value is -2.42. The third kappa shape index (κ3) is 5.44. The van der Waals surface area contributed by atoms with Crippen LogP contribution in [0, 0.1) is 0 Å². The third-order valence-electron chi connectivity index (χ3n) is 5.32. The van der Waals surface area contributed by atoms with Gasteiger partial charge in [0.2, 0.25) is 10.0 Å². The van der Waals surface area contributed by atoms with Crippen molar-refractivity contribution in [1.82, 2.24) is 9.21 Å². The van der Waals surface area contributed by atoms with Gasteiger partial charge >= 0.3 is 0 Å². The van der Waals surface area contributed by atoms with Gasteiger partial charge in [-0.25, -0.2) is 8.42 Å². The summed E-state index contributed by atoms with van der Waals surface area (Å²) in [5.74, 6) is -0.225. The lowest BCUT2D eigenvalue weighted by molar-refractivity contribution is -0.0440. The third-order valence-corrected chi connectivity index (χ3v) is 7.15. The lowest BCUT2D eigenvalue weighted by atomic mass is 10.1. The molecule has 2 unspecified atom stereocenters. The lowest BCUT2D eigenvalue weighted by Gasteiger charge is -2.34. The maximum absolute atomic E-state index is 13.1. The first-order chi connectivity index (χ1) is 14.6. The number of amides is 1. The van der Waals surface area contributed by atoms with Gasteiger partial charge in [0.15, 0.2) is 0 Å². The van der Waals surface area contributed by atoms with E-state index in [1.807, 2.05) is 57.1 Å². The normalized spacial score (nSPS) is 19.8. The number of benzene rings is 2. The van der Waals surface area contributed by atoms with Crippen LogP contribution >= 0.6 is 0 Å². The van der Waals surface area contributed by atoms with Crippen LogP contribution in [0.3, 0.4) is 0 Å². The van der Waals surface area contributed by atoms with Crippen molar-refractivity contribution in [3.05, 3.63) is 59.7 Å². The van der Waals surface area contributed by atoms with Crippen molar-refractivity contribution in [2.24, 2.45) is 0 Å². The minimum absolute atomic E-state index is 0.128. The number of sulfonamides is 1. The molecule has 0 bridgehead atoms. The number of hydrogen-bond donors (Lipinski definition) is 0. The van der Waals surface area contributed by atoms with Crippen LogP contribution in [0.4, 0.5) is 5.69 Å². The average Bonchev–Trinajstić information content (AvgIpc) is 2.73. The van der Waals surface area contributed by atoms with E-state index >= 15 is 0 Å². The summed E-state index contributed by atoms with van der Waals surface area (Å²) in [7, 11) is 1.97. The molecule has 0 aliphatic carbocycles. The van der Waals surface area contributed by atoms with E-state index in [0.717, 1.165) is 11.3 Å². The van der Waals surface area contributed by atoms with Crippen LogP contribution < -0.4 is 4.90 Å². The Kier molecular flexibility index (Phi) is 7.03. The molecule has 0 spiro atoms. The van der Waals surface area contributed by atoms with E-state index in [1.165, 1.54) is 16.4 Å². The Morgan fingerprint density at radius 1 is 1.03 bits per heavy atom. The molecular weight excluding hydrogens is 414 g/mol. The van der Waals surface area contributed by atoms with Crippen molar-refractivity contribution in [3.8, 4) is 0 Å². The fourth-order valence-corrected chi connectivity index (χ4v) is 5.37. The van der Waals surface area contributed by atoms with Crippen LogP contribution in [0.25, 0.3) is 0 Å². The quantitative estimate of drug-likeness (QED) is 0.684. The van der Waals surface area contributed by atoms with Gasteiger partial charge in [0.25, 0.3) is 5.91 Å². The van der Waals surface area contributed by atoms with E-state index in [0.29, 0.717) is 25.2 Å². The second kappa shape index (κ2) is 9.38. The molecule has 0 aromatic heterocycles. The summed E-state index contributed by atoms with van der Waals surface area (Å²) < 4.78 is 33.4. The highest BCUT2D eigenvalue weighted by Gasteiger charge is 2.32. The van der Waals surface area contributed by atoms with Gasteiger partial charge in [0, 0.05) is 52.0 Å². The molecule has 1 saturated heterocycles. The van der Waals surface area contributed by atoms with Crippen molar-refractivity contribution < 1.29 is 17.9 Å². The molecule has 1 aliphatic heterocycles. The van der Waals surface area contributed by atoms with Crippen LogP contribution in [-0.4, -0.2) is 70.0 Å². The van der Waals surface area contributed by atoms with Crippen LogP contribution in [0.2, 0.25) is 0 Å². The number of carbonyl (C=O) groups excluding carboxylic acids is 1. The molecule has 8 heteroatoms. The molecule has 1 fully saturated rings. The SMILES string of the molecule is CC1CN(S(=O)(=O)c2cccc(C(=O)N(C)Cc3ccc(N(C)C)cc3)c2)CC(C)O1. The molecule has 1 amide bonds. The van der Waals surface area contributed by atoms with Crippen LogP contribution in [-0.2, 0) is 21.3 Å². The number of ether oxygens (including phenoxy) is 1. The highest BCUT2D eigenvalue weighted by molar-refractivity contribution is 7.89. The van der Waals surface area contributed by atoms with Gasteiger partial charge in [0.1, 0.15) is 0 Å². The molecule has 2 atom stereocenters. The summed E-state index contributed by atoms with van der Waals surface area (Å²) >= 11 is 0. The van der Waals surface area contributed by atoms with E-state index in [-0.39, 0.29) is 23.0 Å². The fraction of sp³-hybridized carbons (Fsp3) is 0.435. The van der Waals surface area contributed by atoms with Gasteiger partial charge < -0.3 is 14.5 Å². The zero-order valence-corrected chi connectivity index (χ0v) is 19.6. The van der Waals surface area contributed by atoms with E-state index in [2.05, 4.69) is 0 Å². The van der Waals surface area contributed by atoms with E-state index in [9.17, 15) is 13.2 Å². The molecule has 7 nitrogen and oxygen atoms in total. The van der Waals surface area contributed by atoms with Crippen molar-refractivity contribution in [2.45, 2.75) is 37.5 Å². The van der Waals surface area contributed by atoms with E-state index < -0.39 is 10.0 Å². The molecule has 1 aliphatic rings. The molecule has 2 aromatic carbocycles. The van der Waals surface area contributed by atoms with E-state index in [4.69, 9.17) is 4.74 Å². The summed E-state index contributed by atoms with van der Waals surface area (Å²) in [6.45, 7) is 4.75. The van der Waals surface area contributed by atoms with Gasteiger partial charge in [-0.3, -0.25) is 4.79 Å². The molecular formula is C23H31N3O4S. The Morgan fingerprint density at radius 2 is 1.65 bits per heavy atom. The Bertz CT molecular complexity index is 1010.